The molecule has 2 aromatic carbocycles. The molecule has 0 radical (unpaired) electrons. The highest BCUT2D eigenvalue weighted by Crippen LogP contribution is 2.29. The van der Waals surface area contributed by atoms with Gasteiger partial charge in [-0.15, -0.1) is 11.3 Å². The van der Waals surface area contributed by atoms with Crippen molar-refractivity contribution in [2.75, 3.05) is 5.32 Å². The molecule has 0 bridgehead atoms. The summed E-state index contributed by atoms with van der Waals surface area (Å²) in [5.41, 5.74) is 4.24. The summed E-state index contributed by atoms with van der Waals surface area (Å²) in [6, 6.07) is 17.4. The molecule has 180 valence electrons. The second kappa shape index (κ2) is 10.1. The number of benzene rings is 2. The molecule has 3 aromatic heterocycles. The quantitative estimate of drug-likeness (QED) is 0.297. The van der Waals surface area contributed by atoms with Crippen molar-refractivity contribution in [3.63, 3.8) is 0 Å². The molecule has 0 aliphatic rings. The predicted molar refractivity (Wildman–Crippen MR) is 143 cm³/mol. The Hall–Kier alpha value is -4.30. The molecular formula is C28H25N5O2S. The number of nitrogens with one attached hydrogen (secondary N) is 2. The Balaban J connectivity index is 1.32. The van der Waals surface area contributed by atoms with Crippen molar-refractivity contribution in [1.82, 2.24) is 20.1 Å². The number of fused-ring (bicyclic) bond motifs is 1. The molecule has 0 aliphatic heterocycles. The van der Waals surface area contributed by atoms with Crippen LogP contribution >= 0.6 is 11.3 Å². The van der Waals surface area contributed by atoms with Crippen molar-refractivity contribution in [3.8, 4) is 11.1 Å². The number of pyridine rings is 1. The first kappa shape index (κ1) is 23.4. The molecule has 5 rings (SSSR count). The minimum Gasteiger partial charge on any atom is -0.345 e. The Kier molecular flexibility index (Phi) is 6.60. The molecule has 0 spiro atoms. The summed E-state index contributed by atoms with van der Waals surface area (Å²) in [5.74, 6) is -0.281. The zero-order chi connectivity index (χ0) is 25.1. The van der Waals surface area contributed by atoms with Crippen molar-refractivity contribution < 1.29 is 9.59 Å². The third-order valence-corrected chi connectivity index (χ3v) is 6.95. The number of hydrogen-bond acceptors (Lipinski definition) is 5. The molecule has 2 amide bonds. The number of carbonyl (C=O) groups excluding carboxylic acids is 2. The third-order valence-electron chi connectivity index (χ3n) is 6.02. The standard InChI is InChI=1S/C28H25N5O2S/c1-3-25(32-27(34)21-7-8-22-14-29-10-9-19(22)12-21)20-6-4-5-18(11-20)23-13-26(36-17-23)28(35)31-24-15-30-33(2)16-24/h4-17,25H,3H2,1-2H3,(H,31,35)(H,32,34). The van der Waals surface area contributed by atoms with Gasteiger partial charge >= 0.3 is 0 Å². The van der Waals surface area contributed by atoms with Crippen LogP contribution in [0.15, 0.2) is 84.8 Å². The summed E-state index contributed by atoms with van der Waals surface area (Å²) in [6.07, 6.45) is 7.63. The van der Waals surface area contributed by atoms with Gasteiger partial charge in [0.25, 0.3) is 11.8 Å². The lowest BCUT2D eigenvalue weighted by atomic mass is 9.99. The number of nitrogens with zero attached hydrogens (tertiary/aromatic N) is 3. The van der Waals surface area contributed by atoms with Crippen LogP contribution in [0.1, 0.15) is 45.0 Å². The number of aryl methyl sites for hydroxylation is 1. The maximum atomic E-state index is 13.0. The second-order valence-electron chi connectivity index (χ2n) is 8.55. The number of carbonyl (C=O) groups is 2. The average Bonchev–Trinajstić information content (AvgIpc) is 3.56. The van der Waals surface area contributed by atoms with Crippen LogP contribution in [0.3, 0.4) is 0 Å². The molecule has 0 fully saturated rings. The smallest absolute Gasteiger partial charge is 0.265 e. The zero-order valence-electron chi connectivity index (χ0n) is 19.9. The van der Waals surface area contributed by atoms with Gasteiger partial charge in [0.1, 0.15) is 0 Å². The van der Waals surface area contributed by atoms with E-state index >= 15 is 0 Å². The van der Waals surface area contributed by atoms with E-state index in [0.717, 1.165) is 33.9 Å². The van der Waals surface area contributed by atoms with E-state index in [1.54, 1.807) is 36.5 Å². The Labute approximate surface area is 212 Å². The molecule has 1 unspecified atom stereocenters. The van der Waals surface area contributed by atoms with Crippen LogP contribution in [-0.2, 0) is 7.05 Å². The van der Waals surface area contributed by atoms with Gasteiger partial charge in [-0.1, -0.05) is 31.2 Å². The summed E-state index contributed by atoms with van der Waals surface area (Å²) in [7, 11) is 1.80. The summed E-state index contributed by atoms with van der Waals surface area (Å²) in [4.78, 5) is 30.4. The molecule has 5 aromatic rings. The fourth-order valence-electron chi connectivity index (χ4n) is 4.11. The van der Waals surface area contributed by atoms with Crippen LogP contribution in [0.5, 0.6) is 0 Å². The normalized spacial score (nSPS) is 11.8. The molecule has 0 saturated carbocycles. The van der Waals surface area contributed by atoms with Crippen molar-refractivity contribution in [2.45, 2.75) is 19.4 Å². The van der Waals surface area contributed by atoms with E-state index in [1.165, 1.54) is 11.3 Å². The number of anilines is 1. The molecule has 36 heavy (non-hydrogen) atoms. The Bertz CT molecular complexity index is 1550. The van der Waals surface area contributed by atoms with E-state index in [4.69, 9.17) is 0 Å². The van der Waals surface area contributed by atoms with Crippen LogP contribution in [0, 0.1) is 0 Å². The lowest BCUT2D eigenvalue weighted by molar-refractivity contribution is 0.0935. The maximum absolute atomic E-state index is 13.0. The van der Waals surface area contributed by atoms with Gasteiger partial charge in [-0.25, -0.2) is 0 Å². The van der Waals surface area contributed by atoms with E-state index < -0.39 is 0 Å². The van der Waals surface area contributed by atoms with Crippen LogP contribution in [0.2, 0.25) is 0 Å². The number of hydrogen-bond donors (Lipinski definition) is 2. The fourth-order valence-corrected chi connectivity index (χ4v) is 4.92. The van der Waals surface area contributed by atoms with Gasteiger partial charge in [0, 0.05) is 36.6 Å². The minimum atomic E-state index is -0.166. The van der Waals surface area contributed by atoms with Crippen LogP contribution < -0.4 is 10.6 Å². The molecule has 0 aliphatic carbocycles. The topological polar surface area (TPSA) is 88.9 Å². The van der Waals surface area contributed by atoms with Crippen molar-refractivity contribution >= 4 is 39.6 Å². The average molecular weight is 496 g/mol. The Morgan fingerprint density at radius 2 is 1.89 bits per heavy atom. The summed E-state index contributed by atoms with van der Waals surface area (Å²) in [5, 5.41) is 14.1. The number of aromatic nitrogens is 3. The number of amides is 2. The van der Waals surface area contributed by atoms with Crippen LogP contribution in [0.25, 0.3) is 21.9 Å². The second-order valence-corrected chi connectivity index (χ2v) is 9.47. The van der Waals surface area contributed by atoms with Crippen molar-refractivity contribution in [3.05, 3.63) is 101 Å². The molecular weight excluding hydrogens is 470 g/mol. The highest BCUT2D eigenvalue weighted by atomic mass is 32.1. The fraction of sp³-hybridized carbons (Fsp3) is 0.143. The lowest BCUT2D eigenvalue weighted by Gasteiger charge is -2.18. The monoisotopic (exact) mass is 495 g/mol. The molecule has 8 heteroatoms. The van der Waals surface area contributed by atoms with E-state index in [1.807, 2.05) is 53.9 Å². The van der Waals surface area contributed by atoms with E-state index in [2.05, 4.69) is 33.7 Å². The van der Waals surface area contributed by atoms with E-state index in [-0.39, 0.29) is 17.9 Å². The third kappa shape index (κ3) is 5.04. The molecule has 1 atom stereocenters. The Morgan fingerprint density at radius 3 is 2.69 bits per heavy atom. The minimum absolute atomic E-state index is 0.115. The first-order valence-electron chi connectivity index (χ1n) is 11.6. The van der Waals surface area contributed by atoms with Gasteiger partial charge < -0.3 is 10.6 Å². The SMILES string of the molecule is CCC(NC(=O)c1ccc2cnccc2c1)c1cccc(-c2csc(C(=O)Nc3cnn(C)c3)c2)c1. The van der Waals surface area contributed by atoms with Crippen LogP contribution in [0.4, 0.5) is 5.69 Å². The first-order valence-corrected chi connectivity index (χ1v) is 12.5. The van der Waals surface area contributed by atoms with E-state index in [9.17, 15) is 9.59 Å². The van der Waals surface area contributed by atoms with E-state index in [0.29, 0.717) is 16.1 Å². The van der Waals surface area contributed by atoms with Crippen molar-refractivity contribution in [2.24, 2.45) is 7.05 Å². The van der Waals surface area contributed by atoms with Gasteiger partial charge in [0.15, 0.2) is 0 Å². The highest BCUT2D eigenvalue weighted by molar-refractivity contribution is 7.12. The lowest BCUT2D eigenvalue weighted by Crippen LogP contribution is -2.28. The van der Waals surface area contributed by atoms with Gasteiger partial charge in [-0.2, -0.15) is 5.10 Å². The first-order chi connectivity index (χ1) is 17.5. The van der Waals surface area contributed by atoms with Gasteiger partial charge in [0.05, 0.1) is 22.8 Å². The summed E-state index contributed by atoms with van der Waals surface area (Å²) < 4.78 is 1.64. The van der Waals surface area contributed by atoms with Gasteiger partial charge in [-0.3, -0.25) is 19.3 Å². The molecule has 3 heterocycles. The highest BCUT2D eigenvalue weighted by Gasteiger charge is 2.16. The summed E-state index contributed by atoms with van der Waals surface area (Å²) in [6.45, 7) is 2.05. The van der Waals surface area contributed by atoms with Gasteiger partial charge in [0.2, 0.25) is 0 Å². The summed E-state index contributed by atoms with van der Waals surface area (Å²) >= 11 is 1.39. The Morgan fingerprint density at radius 1 is 1.00 bits per heavy atom. The van der Waals surface area contributed by atoms with Crippen molar-refractivity contribution in [1.29, 1.82) is 0 Å². The maximum Gasteiger partial charge on any atom is 0.265 e. The largest absolute Gasteiger partial charge is 0.345 e. The number of rotatable bonds is 7. The molecule has 7 nitrogen and oxygen atoms in total. The van der Waals surface area contributed by atoms with Gasteiger partial charge in [-0.05, 0) is 64.2 Å². The molecule has 0 saturated heterocycles. The molecule has 2 N–H and O–H groups in total. The zero-order valence-corrected chi connectivity index (χ0v) is 20.8. The number of thiophene rings is 1. The predicted octanol–water partition coefficient (Wildman–Crippen LogP) is 5.83. The van der Waals surface area contributed by atoms with Crippen LogP contribution in [-0.4, -0.2) is 26.6 Å².